The fourth-order valence-corrected chi connectivity index (χ4v) is 2.09. The Morgan fingerprint density at radius 3 is 2.68 bits per heavy atom. The molecule has 19 heavy (non-hydrogen) atoms. The first kappa shape index (κ1) is 15.8. The highest BCUT2D eigenvalue weighted by atomic mass is 35.5. The predicted molar refractivity (Wildman–Crippen MR) is 77.3 cm³/mol. The number of benzene rings is 1. The van der Waals surface area contributed by atoms with Crippen LogP contribution in [0.3, 0.4) is 0 Å². The Labute approximate surface area is 119 Å². The summed E-state index contributed by atoms with van der Waals surface area (Å²) in [5.74, 6) is -0.435. The van der Waals surface area contributed by atoms with E-state index in [1.54, 1.807) is 6.07 Å². The summed E-state index contributed by atoms with van der Waals surface area (Å²) >= 11 is 6.01. The molecule has 0 aliphatic heterocycles. The molecule has 106 valence electrons. The second-order valence-electron chi connectivity index (χ2n) is 4.73. The SMILES string of the molecule is CCCCCCC(C)Oc1ccc(C(=O)O)cc1Cl. The van der Waals surface area contributed by atoms with Gasteiger partial charge in [0.25, 0.3) is 0 Å². The average Bonchev–Trinajstić information content (AvgIpc) is 2.37. The summed E-state index contributed by atoms with van der Waals surface area (Å²) in [5, 5.41) is 9.20. The van der Waals surface area contributed by atoms with E-state index in [9.17, 15) is 4.79 Å². The second kappa shape index (κ2) is 8.05. The third-order valence-corrected chi connectivity index (χ3v) is 3.27. The van der Waals surface area contributed by atoms with E-state index in [0.717, 1.165) is 12.8 Å². The lowest BCUT2D eigenvalue weighted by molar-refractivity contribution is 0.0697. The number of carboxylic acid groups (broad SMARTS) is 1. The van der Waals surface area contributed by atoms with Crippen molar-refractivity contribution in [2.24, 2.45) is 0 Å². The minimum atomic E-state index is -0.985. The molecule has 1 rings (SSSR count). The van der Waals surface area contributed by atoms with Gasteiger partial charge >= 0.3 is 5.97 Å². The Bertz CT molecular complexity index is 418. The van der Waals surface area contributed by atoms with E-state index >= 15 is 0 Å². The van der Waals surface area contributed by atoms with Crippen LogP contribution in [0.15, 0.2) is 18.2 Å². The summed E-state index contributed by atoms with van der Waals surface area (Å²) in [6.07, 6.45) is 5.90. The summed E-state index contributed by atoms with van der Waals surface area (Å²) in [4.78, 5) is 10.8. The molecule has 3 nitrogen and oxygen atoms in total. The van der Waals surface area contributed by atoms with Gasteiger partial charge in [-0.05, 0) is 38.0 Å². The van der Waals surface area contributed by atoms with Gasteiger partial charge in [-0.25, -0.2) is 4.79 Å². The topological polar surface area (TPSA) is 46.5 Å². The van der Waals surface area contributed by atoms with Gasteiger partial charge in [-0.3, -0.25) is 0 Å². The van der Waals surface area contributed by atoms with E-state index in [-0.39, 0.29) is 11.7 Å². The highest BCUT2D eigenvalue weighted by Crippen LogP contribution is 2.27. The molecule has 0 amide bonds. The van der Waals surface area contributed by atoms with E-state index in [2.05, 4.69) is 6.92 Å². The number of halogens is 1. The van der Waals surface area contributed by atoms with Crippen LogP contribution in [0.5, 0.6) is 5.75 Å². The summed E-state index contributed by atoms with van der Waals surface area (Å²) in [7, 11) is 0. The van der Waals surface area contributed by atoms with Gasteiger partial charge in [-0.2, -0.15) is 0 Å². The molecule has 0 spiro atoms. The molecule has 1 aromatic rings. The van der Waals surface area contributed by atoms with Crippen LogP contribution >= 0.6 is 11.6 Å². The molecule has 0 radical (unpaired) electrons. The number of hydrogen-bond donors (Lipinski definition) is 1. The first-order valence-corrected chi connectivity index (χ1v) is 7.12. The lowest BCUT2D eigenvalue weighted by Gasteiger charge is -2.15. The lowest BCUT2D eigenvalue weighted by Crippen LogP contribution is -2.12. The number of aromatic carboxylic acids is 1. The fraction of sp³-hybridized carbons (Fsp3) is 0.533. The molecule has 0 aliphatic carbocycles. The van der Waals surface area contributed by atoms with Crippen molar-refractivity contribution >= 4 is 17.6 Å². The van der Waals surface area contributed by atoms with E-state index in [1.807, 2.05) is 6.92 Å². The highest BCUT2D eigenvalue weighted by Gasteiger charge is 2.10. The maximum Gasteiger partial charge on any atom is 0.335 e. The van der Waals surface area contributed by atoms with E-state index in [4.69, 9.17) is 21.4 Å². The van der Waals surface area contributed by atoms with Gasteiger partial charge in [0.05, 0.1) is 16.7 Å². The first-order valence-electron chi connectivity index (χ1n) is 6.74. The Morgan fingerprint density at radius 1 is 1.37 bits per heavy atom. The fourth-order valence-electron chi connectivity index (χ4n) is 1.86. The Morgan fingerprint density at radius 2 is 2.11 bits per heavy atom. The van der Waals surface area contributed by atoms with Crippen molar-refractivity contribution in [2.45, 2.75) is 52.1 Å². The minimum Gasteiger partial charge on any atom is -0.489 e. The van der Waals surface area contributed by atoms with Crippen molar-refractivity contribution < 1.29 is 14.6 Å². The quantitative estimate of drug-likeness (QED) is 0.699. The van der Waals surface area contributed by atoms with Crippen LogP contribution in [0.2, 0.25) is 5.02 Å². The molecule has 0 saturated carbocycles. The maximum absolute atomic E-state index is 10.8. The van der Waals surface area contributed by atoms with Crippen molar-refractivity contribution in [1.29, 1.82) is 0 Å². The van der Waals surface area contributed by atoms with Crippen molar-refractivity contribution in [3.8, 4) is 5.75 Å². The number of carboxylic acids is 1. The van der Waals surface area contributed by atoms with Crippen molar-refractivity contribution in [1.82, 2.24) is 0 Å². The summed E-state index contributed by atoms with van der Waals surface area (Å²) in [6.45, 7) is 4.19. The van der Waals surface area contributed by atoms with Crippen LogP contribution in [0, 0.1) is 0 Å². The zero-order valence-corrected chi connectivity index (χ0v) is 12.2. The maximum atomic E-state index is 10.8. The predicted octanol–water partition coefficient (Wildman–Crippen LogP) is 4.78. The molecule has 0 heterocycles. The lowest BCUT2D eigenvalue weighted by atomic mass is 10.1. The molecule has 1 N–H and O–H groups in total. The molecule has 0 fully saturated rings. The van der Waals surface area contributed by atoms with Crippen LogP contribution in [-0.2, 0) is 0 Å². The number of ether oxygens (including phenoxy) is 1. The molecule has 0 aliphatic rings. The molecule has 4 heteroatoms. The third kappa shape index (κ3) is 5.52. The van der Waals surface area contributed by atoms with Gasteiger partial charge < -0.3 is 9.84 Å². The van der Waals surface area contributed by atoms with Gasteiger partial charge in [0.2, 0.25) is 0 Å². The van der Waals surface area contributed by atoms with Crippen LogP contribution < -0.4 is 4.74 Å². The van der Waals surface area contributed by atoms with Gasteiger partial charge in [-0.1, -0.05) is 37.8 Å². The smallest absolute Gasteiger partial charge is 0.335 e. The summed E-state index contributed by atoms with van der Waals surface area (Å²) in [5.41, 5.74) is 0.174. The van der Waals surface area contributed by atoms with E-state index in [0.29, 0.717) is 10.8 Å². The number of unbranched alkanes of at least 4 members (excludes halogenated alkanes) is 3. The molecule has 0 bridgehead atoms. The molecule has 1 unspecified atom stereocenters. The largest absolute Gasteiger partial charge is 0.489 e. The second-order valence-corrected chi connectivity index (χ2v) is 5.14. The van der Waals surface area contributed by atoms with Crippen molar-refractivity contribution in [3.05, 3.63) is 28.8 Å². The average molecular weight is 285 g/mol. The Hall–Kier alpha value is -1.22. The number of hydrogen-bond acceptors (Lipinski definition) is 2. The minimum absolute atomic E-state index is 0.0880. The van der Waals surface area contributed by atoms with E-state index < -0.39 is 5.97 Å². The van der Waals surface area contributed by atoms with Crippen LogP contribution in [0.25, 0.3) is 0 Å². The normalized spacial score (nSPS) is 12.2. The number of rotatable bonds is 8. The third-order valence-electron chi connectivity index (χ3n) is 2.97. The van der Waals surface area contributed by atoms with Crippen LogP contribution in [0.4, 0.5) is 0 Å². The molecule has 1 atom stereocenters. The monoisotopic (exact) mass is 284 g/mol. The van der Waals surface area contributed by atoms with Gasteiger partial charge in [0, 0.05) is 0 Å². The first-order chi connectivity index (χ1) is 9.04. The standard InChI is InChI=1S/C15H21ClO3/c1-3-4-5-6-7-11(2)19-14-9-8-12(15(17)18)10-13(14)16/h8-11H,3-7H2,1-2H3,(H,17,18). The Kier molecular flexibility index (Phi) is 6.71. The van der Waals surface area contributed by atoms with E-state index in [1.165, 1.54) is 31.4 Å². The van der Waals surface area contributed by atoms with Crippen LogP contribution in [-0.4, -0.2) is 17.2 Å². The highest BCUT2D eigenvalue weighted by molar-refractivity contribution is 6.32. The molecular formula is C15H21ClO3. The Balaban J connectivity index is 2.50. The molecule has 1 aromatic carbocycles. The zero-order chi connectivity index (χ0) is 14.3. The van der Waals surface area contributed by atoms with Crippen molar-refractivity contribution in [3.63, 3.8) is 0 Å². The molecule has 0 aromatic heterocycles. The summed E-state index contributed by atoms with van der Waals surface area (Å²) in [6, 6.07) is 4.55. The van der Waals surface area contributed by atoms with Gasteiger partial charge in [-0.15, -0.1) is 0 Å². The molecule has 0 saturated heterocycles. The van der Waals surface area contributed by atoms with Gasteiger partial charge in [0.15, 0.2) is 0 Å². The summed E-state index contributed by atoms with van der Waals surface area (Å²) < 4.78 is 5.74. The number of carbonyl (C=O) groups is 1. The van der Waals surface area contributed by atoms with Crippen LogP contribution in [0.1, 0.15) is 56.3 Å². The van der Waals surface area contributed by atoms with Gasteiger partial charge in [0.1, 0.15) is 5.75 Å². The zero-order valence-electron chi connectivity index (χ0n) is 11.5. The van der Waals surface area contributed by atoms with Crippen molar-refractivity contribution in [2.75, 3.05) is 0 Å². The molecular weight excluding hydrogens is 264 g/mol.